The van der Waals surface area contributed by atoms with Gasteiger partial charge in [0.05, 0.1) is 11.6 Å². The summed E-state index contributed by atoms with van der Waals surface area (Å²) in [6, 6.07) is 7.28. The molecular formula is C10H11N3O. The van der Waals surface area contributed by atoms with Gasteiger partial charge < -0.3 is 10.5 Å². The topological polar surface area (TPSA) is 71.8 Å². The van der Waals surface area contributed by atoms with Crippen LogP contribution >= 0.6 is 0 Å². The van der Waals surface area contributed by atoms with Gasteiger partial charge in [-0.2, -0.15) is 5.10 Å². The summed E-state index contributed by atoms with van der Waals surface area (Å²) in [6.07, 6.45) is 1.25. The fourth-order valence-electron chi connectivity index (χ4n) is 1.45. The highest BCUT2D eigenvalue weighted by atomic mass is 16.1. The molecule has 0 radical (unpaired) electrons. The maximum Gasteiger partial charge on any atom is 0.137 e. The molecule has 0 spiro atoms. The monoisotopic (exact) mass is 189 g/mol. The maximum atomic E-state index is 10.4. The molecule has 1 aromatic carbocycles. The van der Waals surface area contributed by atoms with Crippen LogP contribution in [0.3, 0.4) is 0 Å². The number of carbonyl (C=O) groups is 1. The molecule has 0 fully saturated rings. The number of aldehydes is 1. The normalized spacial score (nSPS) is 12.9. The Morgan fingerprint density at radius 1 is 1.50 bits per heavy atom. The van der Waals surface area contributed by atoms with Crippen LogP contribution in [0.25, 0.3) is 10.9 Å². The molecule has 4 nitrogen and oxygen atoms in total. The second kappa shape index (κ2) is 3.59. The third-order valence-electron chi connectivity index (χ3n) is 2.16. The van der Waals surface area contributed by atoms with Gasteiger partial charge in [0.2, 0.25) is 0 Å². The standard InChI is InChI=1S/C10H11N3O/c11-7(6-14)5-10-8-3-1-2-4-9(8)12-13-10/h1-4,6-7H,5,11H2,(H,12,13). The van der Waals surface area contributed by atoms with E-state index in [4.69, 9.17) is 5.73 Å². The predicted molar refractivity (Wildman–Crippen MR) is 53.8 cm³/mol. The number of benzene rings is 1. The summed E-state index contributed by atoms with van der Waals surface area (Å²) >= 11 is 0. The first-order chi connectivity index (χ1) is 6.81. The Balaban J connectivity index is 2.38. The highest BCUT2D eigenvalue weighted by Gasteiger charge is 2.08. The number of hydrogen-bond donors (Lipinski definition) is 2. The molecule has 0 saturated heterocycles. The van der Waals surface area contributed by atoms with E-state index in [9.17, 15) is 4.79 Å². The minimum Gasteiger partial charge on any atom is -0.321 e. The van der Waals surface area contributed by atoms with Crippen molar-refractivity contribution in [2.75, 3.05) is 0 Å². The second-order valence-electron chi connectivity index (χ2n) is 3.22. The van der Waals surface area contributed by atoms with Crippen molar-refractivity contribution < 1.29 is 4.79 Å². The van der Waals surface area contributed by atoms with Crippen molar-refractivity contribution in [3.8, 4) is 0 Å². The first kappa shape index (κ1) is 8.90. The van der Waals surface area contributed by atoms with Gasteiger partial charge in [0, 0.05) is 17.5 Å². The second-order valence-corrected chi connectivity index (χ2v) is 3.22. The van der Waals surface area contributed by atoms with E-state index in [1.165, 1.54) is 0 Å². The molecule has 1 heterocycles. The molecule has 0 bridgehead atoms. The number of nitrogens with two attached hydrogens (primary N) is 1. The largest absolute Gasteiger partial charge is 0.321 e. The van der Waals surface area contributed by atoms with E-state index in [0.29, 0.717) is 6.42 Å². The lowest BCUT2D eigenvalue weighted by Gasteiger charge is -2.00. The molecule has 2 rings (SSSR count). The average molecular weight is 189 g/mol. The molecule has 72 valence electrons. The zero-order valence-electron chi connectivity index (χ0n) is 7.60. The van der Waals surface area contributed by atoms with E-state index in [0.717, 1.165) is 22.9 Å². The third kappa shape index (κ3) is 1.52. The molecule has 1 unspecified atom stereocenters. The first-order valence-electron chi connectivity index (χ1n) is 4.44. The van der Waals surface area contributed by atoms with Crippen molar-refractivity contribution >= 4 is 17.2 Å². The average Bonchev–Trinajstić information content (AvgIpc) is 2.62. The molecule has 0 aliphatic heterocycles. The van der Waals surface area contributed by atoms with Crippen LogP contribution < -0.4 is 5.73 Å². The van der Waals surface area contributed by atoms with Crippen molar-refractivity contribution in [2.24, 2.45) is 5.73 Å². The maximum absolute atomic E-state index is 10.4. The quantitative estimate of drug-likeness (QED) is 0.696. The van der Waals surface area contributed by atoms with Gasteiger partial charge in [-0.25, -0.2) is 0 Å². The number of rotatable bonds is 3. The Morgan fingerprint density at radius 2 is 2.29 bits per heavy atom. The third-order valence-corrected chi connectivity index (χ3v) is 2.16. The van der Waals surface area contributed by atoms with E-state index >= 15 is 0 Å². The number of hydrogen-bond acceptors (Lipinski definition) is 3. The summed E-state index contributed by atoms with van der Waals surface area (Å²) in [6.45, 7) is 0. The summed E-state index contributed by atoms with van der Waals surface area (Å²) < 4.78 is 0. The number of carbonyl (C=O) groups excluding carboxylic acids is 1. The van der Waals surface area contributed by atoms with Crippen LogP contribution in [-0.4, -0.2) is 22.5 Å². The van der Waals surface area contributed by atoms with Gasteiger partial charge in [-0.05, 0) is 6.07 Å². The zero-order valence-corrected chi connectivity index (χ0v) is 7.60. The number of fused-ring (bicyclic) bond motifs is 1. The molecule has 2 aromatic rings. The van der Waals surface area contributed by atoms with Crippen LogP contribution in [0.4, 0.5) is 0 Å². The minimum absolute atomic E-state index is 0.459. The smallest absolute Gasteiger partial charge is 0.137 e. The van der Waals surface area contributed by atoms with Gasteiger partial charge >= 0.3 is 0 Å². The van der Waals surface area contributed by atoms with Crippen molar-refractivity contribution in [3.63, 3.8) is 0 Å². The Morgan fingerprint density at radius 3 is 3.07 bits per heavy atom. The predicted octanol–water partition coefficient (Wildman–Crippen LogP) is 0.632. The van der Waals surface area contributed by atoms with Gasteiger partial charge in [-0.15, -0.1) is 0 Å². The van der Waals surface area contributed by atoms with Crippen LogP contribution in [-0.2, 0) is 11.2 Å². The zero-order chi connectivity index (χ0) is 9.97. The highest BCUT2D eigenvalue weighted by molar-refractivity contribution is 5.81. The number of nitrogens with one attached hydrogen (secondary N) is 1. The van der Waals surface area contributed by atoms with Gasteiger partial charge in [0.15, 0.2) is 0 Å². The van der Waals surface area contributed by atoms with Gasteiger partial charge in [0.25, 0.3) is 0 Å². The summed E-state index contributed by atoms with van der Waals surface area (Å²) in [7, 11) is 0. The number of nitrogens with zero attached hydrogens (tertiary/aromatic N) is 1. The number of H-pyrrole nitrogens is 1. The van der Waals surface area contributed by atoms with Crippen LogP contribution in [0, 0.1) is 0 Å². The van der Waals surface area contributed by atoms with E-state index in [1.54, 1.807) is 0 Å². The Hall–Kier alpha value is -1.68. The van der Waals surface area contributed by atoms with E-state index < -0.39 is 6.04 Å². The summed E-state index contributed by atoms with van der Waals surface area (Å²) in [5.74, 6) is 0. The van der Waals surface area contributed by atoms with E-state index in [-0.39, 0.29) is 0 Å². The Labute approximate surface area is 81.1 Å². The molecule has 4 heteroatoms. The first-order valence-corrected chi connectivity index (χ1v) is 4.44. The molecular weight excluding hydrogens is 178 g/mol. The number of aromatic amines is 1. The van der Waals surface area contributed by atoms with Crippen LogP contribution in [0.5, 0.6) is 0 Å². The Bertz CT molecular complexity index is 449. The van der Waals surface area contributed by atoms with Gasteiger partial charge in [0.1, 0.15) is 6.29 Å². The van der Waals surface area contributed by atoms with Crippen LogP contribution in [0.1, 0.15) is 5.69 Å². The van der Waals surface area contributed by atoms with Crippen molar-refractivity contribution in [2.45, 2.75) is 12.5 Å². The highest BCUT2D eigenvalue weighted by Crippen LogP contribution is 2.15. The molecule has 3 N–H and O–H groups in total. The summed E-state index contributed by atoms with van der Waals surface area (Å²) in [5.41, 5.74) is 7.36. The SMILES string of the molecule is NC(C=O)Cc1[nH]nc2ccccc12. The van der Waals surface area contributed by atoms with Gasteiger partial charge in [-0.1, -0.05) is 18.2 Å². The van der Waals surface area contributed by atoms with Crippen LogP contribution in [0.2, 0.25) is 0 Å². The molecule has 14 heavy (non-hydrogen) atoms. The van der Waals surface area contributed by atoms with Crippen molar-refractivity contribution in [1.29, 1.82) is 0 Å². The molecule has 0 aliphatic rings. The fraction of sp³-hybridized carbons (Fsp3) is 0.200. The number of aromatic nitrogens is 2. The molecule has 1 aromatic heterocycles. The molecule has 0 amide bonds. The van der Waals surface area contributed by atoms with Crippen molar-refractivity contribution in [3.05, 3.63) is 30.0 Å². The van der Waals surface area contributed by atoms with Crippen LogP contribution in [0.15, 0.2) is 24.3 Å². The van der Waals surface area contributed by atoms with E-state index in [2.05, 4.69) is 10.2 Å². The van der Waals surface area contributed by atoms with Gasteiger partial charge in [-0.3, -0.25) is 5.10 Å². The lowest BCUT2D eigenvalue weighted by atomic mass is 10.1. The van der Waals surface area contributed by atoms with Crippen molar-refractivity contribution in [1.82, 2.24) is 10.2 Å². The minimum atomic E-state index is -0.459. The molecule has 1 atom stereocenters. The lowest BCUT2D eigenvalue weighted by Crippen LogP contribution is -2.24. The lowest BCUT2D eigenvalue weighted by molar-refractivity contribution is -0.108. The molecule has 0 aliphatic carbocycles. The number of para-hydroxylation sites is 1. The fourth-order valence-corrected chi connectivity index (χ4v) is 1.45. The summed E-state index contributed by atoms with van der Waals surface area (Å²) in [4.78, 5) is 10.4. The Kier molecular flexibility index (Phi) is 2.28. The van der Waals surface area contributed by atoms with E-state index in [1.807, 2.05) is 24.3 Å². The molecule has 0 saturated carbocycles. The summed E-state index contributed by atoms with van der Waals surface area (Å²) in [5, 5.41) is 8.03.